The molecule has 0 radical (unpaired) electrons. The summed E-state index contributed by atoms with van der Waals surface area (Å²) in [5, 5.41) is 9.94. The minimum absolute atomic E-state index is 0.350. The average Bonchev–Trinajstić information content (AvgIpc) is 2.23. The number of benzene rings is 2. The summed E-state index contributed by atoms with van der Waals surface area (Å²) in [6, 6.07) is 11.9. The van der Waals surface area contributed by atoms with Gasteiger partial charge in [-0.05, 0) is 49.6 Å². The van der Waals surface area contributed by atoms with Crippen LogP contribution in [0.3, 0.4) is 0 Å². The van der Waals surface area contributed by atoms with E-state index in [1.165, 1.54) is 11.1 Å². The molecule has 0 heterocycles. The van der Waals surface area contributed by atoms with Gasteiger partial charge in [0.1, 0.15) is 5.75 Å². The highest BCUT2D eigenvalue weighted by Crippen LogP contribution is 2.34. The van der Waals surface area contributed by atoms with Gasteiger partial charge in [0.15, 0.2) is 0 Å². The topological polar surface area (TPSA) is 20.2 Å². The highest BCUT2D eigenvalue weighted by molar-refractivity contribution is 5.76. The number of aromatic hydroxyl groups is 1. The zero-order valence-corrected chi connectivity index (χ0v) is 9.91. The lowest BCUT2D eigenvalue weighted by atomic mass is 9.94. The van der Waals surface area contributed by atoms with Gasteiger partial charge in [-0.15, -0.1) is 0 Å². The summed E-state index contributed by atoms with van der Waals surface area (Å²) in [5.74, 6) is 0.350. The average molecular weight is 212 g/mol. The van der Waals surface area contributed by atoms with E-state index in [-0.39, 0.29) is 0 Å². The highest BCUT2D eigenvalue weighted by atomic mass is 16.3. The maximum absolute atomic E-state index is 9.94. The van der Waals surface area contributed by atoms with Gasteiger partial charge < -0.3 is 5.11 Å². The Morgan fingerprint density at radius 1 is 0.875 bits per heavy atom. The third kappa shape index (κ3) is 1.81. The second-order valence-corrected chi connectivity index (χ2v) is 4.29. The van der Waals surface area contributed by atoms with Crippen LogP contribution in [0.4, 0.5) is 0 Å². The molecule has 0 unspecified atom stereocenters. The van der Waals surface area contributed by atoms with Gasteiger partial charge in [0, 0.05) is 5.56 Å². The van der Waals surface area contributed by atoms with Gasteiger partial charge in [0.2, 0.25) is 0 Å². The van der Waals surface area contributed by atoms with E-state index in [2.05, 4.69) is 26.0 Å². The lowest BCUT2D eigenvalue weighted by molar-refractivity contribution is 0.477. The van der Waals surface area contributed by atoms with Crippen molar-refractivity contribution in [1.82, 2.24) is 0 Å². The van der Waals surface area contributed by atoms with Crippen molar-refractivity contribution < 1.29 is 5.11 Å². The van der Waals surface area contributed by atoms with Crippen molar-refractivity contribution in [2.75, 3.05) is 0 Å². The third-order valence-electron chi connectivity index (χ3n) is 2.90. The van der Waals surface area contributed by atoms with Crippen LogP contribution in [0.25, 0.3) is 11.1 Å². The van der Waals surface area contributed by atoms with E-state index >= 15 is 0 Å². The molecule has 1 N–H and O–H groups in total. The van der Waals surface area contributed by atoms with E-state index in [4.69, 9.17) is 0 Å². The molecule has 0 saturated carbocycles. The van der Waals surface area contributed by atoms with Gasteiger partial charge >= 0.3 is 0 Å². The summed E-state index contributed by atoms with van der Waals surface area (Å²) >= 11 is 0. The molecular weight excluding hydrogens is 196 g/mol. The largest absolute Gasteiger partial charge is 0.507 e. The first-order valence-electron chi connectivity index (χ1n) is 5.46. The molecule has 0 amide bonds. The molecule has 1 heteroatoms. The normalized spacial score (nSPS) is 10.4. The molecule has 0 saturated heterocycles. The van der Waals surface area contributed by atoms with Crippen LogP contribution in [0.5, 0.6) is 5.75 Å². The fraction of sp³-hybridized carbons (Fsp3) is 0.200. The Bertz CT molecular complexity index is 507. The monoisotopic (exact) mass is 212 g/mol. The molecule has 16 heavy (non-hydrogen) atoms. The summed E-state index contributed by atoms with van der Waals surface area (Å²) in [6.45, 7) is 6.19. The summed E-state index contributed by atoms with van der Waals surface area (Å²) < 4.78 is 0. The van der Waals surface area contributed by atoms with E-state index in [1.807, 2.05) is 25.1 Å². The Labute approximate surface area is 96.4 Å². The zero-order valence-electron chi connectivity index (χ0n) is 9.91. The molecule has 2 aromatic carbocycles. The molecule has 2 rings (SSSR count). The fourth-order valence-corrected chi connectivity index (χ4v) is 2.09. The van der Waals surface area contributed by atoms with Gasteiger partial charge in [-0.2, -0.15) is 0 Å². The Morgan fingerprint density at radius 3 is 2.12 bits per heavy atom. The van der Waals surface area contributed by atoms with Crippen LogP contribution in [0.15, 0.2) is 36.4 Å². The lowest BCUT2D eigenvalue weighted by Crippen LogP contribution is -1.89. The minimum Gasteiger partial charge on any atom is -0.507 e. The summed E-state index contributed by atoms with van der Waals surface area (Å²) in [5.41, 5.74) is 5.62. The summed E-state index contributed by atoms with van der Waals surface area (Å²) in [4.78, 5) is 0. The number of hydrogen-bond acceptors (Lipinski definition) is 1. The molecule has 0 bridgehead atoms. The molecule has 1 nitrogen and oxygen atoms in total. The smallest absolute Gasteiger partial charge is 0.123 e. The van der Waals surface area contributed by atoms with Crippen molar-refractivity contribution in [1.29, 1.82) is 0 Å². The second kappa shape index (κ2) is 4.01. The molecule has 0 atom stereocenters. The maximum Gasteiger partial charge on any atom is 0.123 e. The molecule has 82 valence electrons. The van der Waals surface area contributed by atoms with Crippen molar-refractivity contribution in [2.45, 2.75) is 20.8 Å². The van der Waals surface area contributed by atoms with Gasteiger partial charge in [-0.3, -0.25) is 0 Å². The number of phenolic OH excluding ortho intramolecular Hbond substituents is 1. The maximum atomic E-state index is 9.94. The SMILES string of the molecule is Cc1ccc(O)c(-c2c(C)cccc2C)c1. The number of hydrogen-bond donors (Lipinski definition) is 1. The second-order valence-electron chi connectivity index (χ2n) is 4.29. The van der Waals surface area contributed by atoms with Crippen molar-refractivity contribution in [3.8, 4) is 16.9 Å². The van der Waals surface area contributed by atoms with Crippen molar-refractivity contribution in [3.63, 3.8) is 0 Å². The molecular formula is C15H16O. The molecule has 0 spiro atoms. The first kappa shape index (κ1) is 10.7. The van der Waals surface area contributed by atoms with E-state index in [1.54, 1.807) is 6.07 Å². The van der Waals surface area contributed by atoms with Crippen LogP contribution in [-0.2, 0) is 0 Å². The standard InChI is InChI=1S/C15H16O/c1-10-7-8-14(16)13(9-10)15-11(2)5-4-6-12(15)3/h4-9,16H,1-3H3. The van der Waals surface area contributed by atoms with Crippen LogP contribution >= 0.6 is 0 Å². The highest BCUT2D eigenvalue weighted by Gasteiger charge is 2.09. The molecule has 0 aromatic heterocycles. The predicted molar refractivity (Wildman–Crippen MR) is 67.8 cm³/mol. The Hall–Kier alpha value is -1.76. The Kier molecular flexibility index (Phi) is 2.69. The van der Waals surface area contributed by atoms with Gasteiger partial charge in [-0.25, -0.2) is 0 Å². The Morgan fingerprint density at radius 2 is 1.50 bits per heavy atom. The third-order valence-corrected chi connectivity index (χ3v) is 2.90. The van der Waals surface area contributed by atoms with E-state index in [0.717, 1.165) is 16.7 Å². The number of rotatable bonds is 1. The van der Waals surface area contributed by atoms with Crippen molar-refractivity contribution >= 4 is 0 Å². The first-order valence-corrected chi connectivity index (χ1v) is 5.46. The van der Waals surface area contributed by atoms with Crippen LogP contribution in [0, 0.1) is 20.8 Å². The molecule has 0 aliphatic carbocycles. The zero-order chi connectivity index (χ0) is 11.7. The van der Waals surface area contributed by atoms with E-state index in [9.17, 15) is 5.11 Å². The van der Waals surface area contributed by atoms with Crippen LogP contribution in [0.2, 0.25) is 0 Å². The molecule has 0 fully saturated rings. The van der Waals surface area contributed by atoms with Crippen LogP contribution in [-0.4, -0.2) is 5.11 Å². The van der Waals surface area contributed by atoms with Crippen molar-refractivity contribution in [3.05, 3.63) is 53.1 Å². The molecule has 0 aliphatic rings. The van der Waals surface area contributed by atoms with Gasteiger partial charge in [0.25, 0.3) is 0 Å². The van der Waals surface area contributed by atoms with Crippen molar-refractivity contribution in [2.24, 2.45) is 0 Å². The quantitative estimate of drug-likeness (QED) is 0.758. The van der Waals surface area contributed by atoms with Crippen LogP contribution in [0.1, 0.15) is 16.7 Å². The lowest BCUT2D eigenvalue weighted by Gasteiger charge is -2.12. The summed E-state index contributed by atoms with van der Waals surface area (Å²) in [6.07, 6.45) is 0. The number of aryl methyl sites for hydroxylation is 3. The fourth-order valence-electron chi connectivity index (χ4n) is 2.09. The summed E-state index contributed by atoms with van der Waals surface area (Å²) in [7, 11) is 0. The van der Waals surface area contributed by atoms with E-state index < -0.39 is 0 Å². The Balaban J connectivity index is 2.72. The van der Waals surface area contributed by atoms with Gasteiger partial charge in [0.05, 0.1) is 0 Å². The van der Waals surface area contributed by atoms with Gasteiger partial charge in [-0.1, -0.05) is 29.8 Å². The van der Waals surface area contributed by atoms with E-state index in [0.29, 0.717) is 5.75 Å². The number of phenols is 1. The first-order chi connectivity index (χ1) is 7.59. The van der Waals surface area contributed by atoms with Crippen LogP contribution < -0.4 is 0 Å². The predicted octanol–water partition coefficient (Wildman–Crippen LogP) is 3.98. The minimum atomic E-state index is 0.350. The molecule has 0 aliphatic heterocycles. The molecule has 2 aromatic rings.